The molecule has 0 saturated heterocycles. The minimum absolute atomic E-state index is 0. The van der Waals surface area contributed by atoms with Crippen LogP contribution in [0.15, 0.2) is 36.9 Å². The van der Waals surface area contributed by atoms with Gasteiger partial charge in [0.05, 0.1) is 0 Å². The van der Waals surface area contributed by atoms with E-state index in [2.05, 4.69) is 32.3 Å². The van der Waals surface area contributed by atoms with Crippen LogP contribution in [0.5, 0.6) is 0 Å². The second-order valence-corrected chi connectivity index (χ2v) is 3.23. The molecule has 0 bridgehead atoms. The molecule has 0 aliphatic carbocycles. The molecule has 16 heavy (non-hydrogen) atoms. The molecule has 0 aromatic heterocycles. The second kappa shape index (κ2) is 12.3. The molecule has 0 saturated carbocycles. The first-order valence-electron chi connectivity index (χ1n) is 5.68. The first-order chi connectivity index (χ1) is 7.28. The lowest BCUT2D eigenvalue weighted by molar-refractivity contribution is 0.321. The summed E-state index contributed by atoms with van der Waals surface area (Å²) in [5.41, 5.74) is 1.17. The van der Waals surface area contributed by atoms with Gasteiger partial charge in [0.2, 0.25) is 0 Å². The predicted molar refractivity (Wildman–Crippen MR) is 77.2 cm³/mol. The van der Waals surface area contributed by atoms with E-state index in [0.29, 0.717) is 0 Å². The van der Waals surface area contributed by atoms with Crippen molar-refractivity contribution in [2.24, 2.45) is 0 Å². The van der Waals surface area contributed by atoms with Gasteiger partial charge in [-0.05, 0) is 25.2 Å². The van der Waals surface area contributed by atoms with Crippen molar-refractivity contribution < 1.29 is 0 Å². The van der Waals surface area contributed by atoms with Crippen molar-refractivity contribution >= 4 is 18.5 Å². The Morgan fingerprint density at radius 3 is 1.62 bits per heavy atom. The number of nitrogens with zero attached hydrogens (tertiary/aromatic N) is 1. The zero-order valence-corrected chi connectivity index (χ0v) is 11.5. The predicted octanol–water partition coefficient (Wildman–Crippen LogP) is 4.10. The summed E-state index contributed by atoms with van der Waals surface area (Å²) in [7, 11) is 0. The van der Waals surface area contributed by atoms with Crippen LogP contribution in [-0.4, -0.2) is 24.5 Å². The van der Waals surface area contributed by atoms with E-state index in [-0.39, 0.29) is 12.4 Å². The van der Waals surface area contributed by atoms with Gasteiger partial charge < -0.3 is 4.90 Å². The largest absolute Gasteiger partial charge is 0.304 e. The number of halogens is 1. The fourth-order valence-electron chi connectivity index (χ4n) is 1.26. The number of hydrogen-bond donors (Lipinski definition) is 0. The SMILES string of the molecule is C=Cc1ccccc1.CCN(CC)CC.Cl. The lowest BCUT2D eigenvalue weighted by Gasteiger charge is -2.13. The maximum absolute atomic E-state index is 3.63. The summed E-state index contributed by atoms with van der Waals surface area (Å²) < 4.78 is 0. The maximum Gasteiger partial charge on any atom is -0.00474 e. The topological polar surface area (TPSA) is 3.24 Å². The van der Waals surface area contributed by atoms with Gasteiger partial charge in [0.25, 0.3) is 0 Å². The Morgan fingerprint density at radius 1 is 1.00 bits per heavy atom. The molecule has 0 amide bonds. The van der Waals surface area contributed by atoms with Gasteiger partial charge in [0.15, 0.2) is 0 Å². The van der Waals surface area contributed by atoms with Crippen molar-refractivity contribution in [2.75, 3.05) is 19.6 Å². The van der Waals surface area contributed by atoms with E-state index < -0.39 is 0 Å². The molecule has 0 radical (unpaired) electrons. The fraction of sp³-hybridized carbons (Fsp3) is 0.429. The first kappa shape index (κ1) is 17.6. The summed E-state index contributed by atoms with van der Waals surface area (Å²) in [5, 5.41) is 0. The highest BCUT2D eigenvalue weighted by Gasteiger charge is 1.89. The molecule has 0 fully saturated rings. The third-order valence-electron chi connectivity index (χ3n) is 2.38. The Kier molecular flexibility index (Phi) is 13.5. The van der Waals surface area contributed by atoms with E-state index in [1.165, 1.54) is 25.2 Å². The molecule has 1 aromatic carbocycles. The summed E-state index contributed by atoms with van der Waals surface area (Å²) in [6, 6.07) is 10.0. The highest BCUT2D eigenvalue weighted by atomic mass is 35.5. The van der Waals surface area contributed by atoms with Crippen LogP contribution >= 0.6 is 12.4 Å². The molecule has 1 aromatic rings. The third kappa shape index (κ3) is 8.51. The molecule has 92 valence electrons. The highest BCUT2D eigenvalue weighted by molar-refractivity contribution is 5.85. The zero-order chi connectivity index (χ0) is 11.5. The molecule has 0 unspecified atom stereocenters. The summed E-state index contributed by atoms with van der Waals surface area (Å²) >= 11 is 0. The summed E-state index contributed by atoms with van der Waals surface area (Å²) in [5.74, 6) is 0. The molecule has 0 spiro atoms. The van der Waals surface area contributed by atoms with E-state index >= 15 is 0 Å². The van der Waals surface area contributed by atoms with Crippen molar-refractivity contribution in [3.8, 4) is 0 Å². The van der Waals surface area contributed by atoms with Gasteiger partial charge in [0, 0.05) is 0 Å². The van der Waals surface area contributed by atoms with Crippen molar-refractivity contribution in [1.82, 2.24) is 4.90 Å². The van der Waals surface area contributed by atoms with Crippen molar-refractivity contribution in [2.45, 2.75) is 20.8 Å². The summed E-state index contributed by atoms with van der Waals surface area (Å²) in [6.45, 7) is 13.8. The Hall–Kier alpha value is -0.790. The molecule has 1 nitrogen and oxygen atoms in total. The van der Waals surface area contributed by atoms with Gasteiger partial charge in [-0.1, -0.05) is 63.8 Å². The Bertz CT molecular complexity index is 237. The minimum Gasteiger partial charge on any atom is -0.304 e. The molecule has 2 heteroatoms. The molecule has 0 aliphatic heterocycles. The Morgan fingerprint density at radius 2 is 1.44 bits per heavy atom. The monoisotopic (exact) mass is 241 g/mol. The average molecular weight is 242 g/mol. The summed E-state index contributed by atoms with van der Waals surface area (Å²) in [4.78, 5) is 2.38. The smallest absolute Gasteiger partial charge is 0.00474 e. The molecular weight excluding hydrogens is 218 g/mol. The van der Waals surface area contributed by atoms with Crippen molar-refractivity contribution in [3.63, 3.8) is 0 Å². The standard InChI is InChI=1S/C8H8.C6H15N.ClH/c1-2-8-6-4-3-5-7-8;1-4-7(5-2)6-3;/h2-7H,1H2;4-6H2,1-3H3;1H. The molecular formula is C14H24ClN. The normalized spacial score (nSPS) is 8.75. The van der Waals surface area contributed by atoms with Crippen LogP contribution in [0.1, 0.15) is 26.3 Å². The van der Waals surface area contributed by atoms with E-state index in [0.717, 1.165) is 0 Å². The molecule has 1 rings (SSSR count). The van der Waals surface area contributed by atoms with Crippen LogP contribution in [0.25, 0.3) is 6.08 Å². The van der Waals surface area contributed by atoms with E-state index in [1.54, 1.807) is 0 Å². The average Bonchev–Trinajstić information content (AvgIpc) is 2.33. The molecule has 0 atom stereocenters. The third-order valence-corrected chi connectivity index (χ3v) is 2.38. The van der Waals surface area contributed by atoms with Crippen LogP contribution < -0.4 is 0 Å². The van der Waals surface area contributed by atoms with Crippen LogP contribution in [0.4, 0.5) is 0 Å². The van der Waals surface area contributed by atoms with Gasteiger partial charge in [0.1, 0.15) is 0 Å². The second-order valence-electron chi connectivity index (χ2n) is 3.23. The van der Waals surface area contributed by atoms with Crippen LogP contribution in [0.2, 0.25) is 0 Å². The zero-order valence-electron chi connectivity index (χ0n) is 10.6. The molecule has 0 aliphatic rings. The quantitative estimate of drug-likeness (QED) is 0.767. The highest BCUT2D eigenvalue weighted by Crippen LogP contribution is 1.97. The fourth-order valence-corrected chi connectivity index (χ4v) is 1.26. The lowest BCUT2D eigenvalue weighted by Crippen LogP contribution is -2.21. The molecule has 0 N–H and O–H groups in total. The van der Waals surface area contributed by atoms with Gasteiger partial charge in [-0.3, -0.25) is 0 Å². The maximum atomic E-state index is 3.63. The Labute approximate surface area is 107 Å². The van der Waals surface area contributed by atoms with Gasteiger partial charge >= 0.3 is 0 Å². The van der Waals surface area contributed by atoms with Gasteiger partial charge in [-0.2, -0.15) is 0 Å². The number of hydrogen-bond acceptors (Lipinski definition) is 1. The van der Waals surface area contributed by atoms with E-state index in [4.69, 9.17) is 0 Å². The lowest BCUT2D eigenvalue weighted by atomic mass is 10.2. The minimum atomic E-state index is 0. The Balaban J connectivity index is 0. The van der Waals surface area contributed by atoms with Gasteiger partial charge in [-0.25, -0.2) is 0 Å². The van der Waals surface area contributed by atoms with Crippen LogP contribution in [0, 0.1) is 0 Å². The van der Waals surface area contributed by atoms with E-state index in [1.807, 2.05) is 36.4 Å². The molecule has 0 heterocycles. The first-order valence-corrected chi connectivity index (χ1v) is 5.68. The van der Waals surface area contributed by atoms with Crippen LogP contribution in [0.3, 0.4) is 0 Å². The van der Waals surface area contributed by atoms with Gasteiger partial charge in [-0.15, -0.1) is 12.4 Å². The van der Waals surface area contributed by atoms with Crippen LogP contribution in [-0.2, 0) is 0 Å². The number of rotatable bonds is 4. The van der Waals surface area contributed by atoms with Crippen molar-refractivity contribution in [3.05, 3.63) is 42.5 Å². The summed E-state index contributed by atoms with van der Waals surface area (Å²) in [6.07, 6.45) is 1.83. The number of benzene rings is 1. The van der Waals surface area contributed by atoms with E-state index in [9.17, 15) is 0 Å². The van der Waals surface area contributed by atoms with Crippen molar-refractivity contribution in [1.29, 1.82) is 0 Å².